The van der Waals surface area contributed by atoms with E-state index in [-0.39, 0.29) is 17.7 Å². The van der Waals surface area contributed by atoms with Gasteiger partial charge in [-0.1, -0.05) is 17.7 Å². The van der Waals surface area contributed by atoms with Crippen LogP contribution in [0.1, 0.15) is 35.0 Å². The van der Waals surface area contributed by atoms with Gasteiger partial charge in [0.25, 0.3) is 5.91 Å². The SMILES string of the molecule is CCN(Cc1ccc(Cl)s1)C(=O)c1cccc(NC(=O)C2CC2)c1. The summed E-state index contributed by atoms with van der Waals surface area (Å²) in [6.07, 6.45) is 1.91. The fourth-order valence-electron chi connectivity index (χ4n) is 2.45. The maximum Gasteiger partial charge on any atom is 0.254 e. The number of nitrogens with one attached hydrogen (secondary N) is 1. The van der Waals surface area contributed by atoms with Crippen molar-refractivity contribution in [3.05, 3.63) is 51.2 Å². The summed E-state index contributed by atoms with van der Waals surface area (Å²) in [5, 5.41) is 2.88. The van der Waals surface area contributed by atoms with Crippen molar-refractivity contribution in [1.82, 2.24) is 4.90 Å². The number of benzene rings is 1. The van der Waals surface area contributed by atoms with Gasteiger partial charge < -0.3 is 10.2 Å². The normalized spacial score (nSPS) is 13.6. The summed E-state index contributed by atoms with van der Waals surface area (Å²) >= 11 is 7.44. The third kappa shape index (κ3) is 4.16. The number of halogens is 1. The molecule has 1 aromatic carbocycles. The minimum atomic E-state index is -0.0513. The quantitative estimate of drug-likeness (QED) is 0.827. The van der Waals surface area contributed by atoms with Crippen molar-refractivity contribution in [2.24, 2.45) is 5.92 Å². The zero-order chi connectivity index (χ0) is 17.1. The highest BCUT2D eigenvalue weighted by atomic mass is 35.5. The van der Waals surface area contributed by atoms with Gasteiger partial charge in [0, 0.05) is 28.6 Å². The lowest BCUT2D eigenvalue weighted by atomic mass is 10.1. The third-order valence-corrected chi connectivity index (χ3v) is 5.19. The summed E-state index contributed by atoms with van der Waals surface area (Å²) < 4.78 is 0.721. The predicted octanol–water partition coefficient (Wildman–Crippen LogP) is 4.41. The van der Waals surface area contributed by atoms with Gasteiger partial charge in [-0.05, 0) is 50.1 Å². The molecule has 126 valence electrons. The number of rotatable bonds is 6. The lowest BCUT2D eigenvalue weighted by Crippen LogP contribution is -2.30. The van der Waals surface area contributed by atoms with Crippen LogP contribution in [0.5, 0.6) is 0 Å². The Morgan fingerprint density at radius 3 is 2.71 bits per heavy atom. The molecule has 1 aliphatic carbocycles. The molecule has 1 N–H and O–H groups in total. The molecule has 0 atom stereocenters. The van der Waals surface area contributed by atoms with E-state index in [1.54, 1.807) is 23.1 Å². The van der Waals surface area contributed by atoms with E-state index in [9.17, 15) is 9.59 Å². The monoisotopic (exact) mass is 362 g/mol. The van der Waals surface area contributed by atoms with Crippen LogP contribution in [0, 0.1) is 5.92 Å². The van der Waals surface area contributed by atoms with Crippen LogP contribution in [0.3, 0.4) is 0 Å². The van der Waals surface area contributed by atoms with Crippen LogP contribution in [-0.4, -0.2) is 23.3 Å². The van der Waals surface area contributed by atoms with Crippen molar-refractivity contribution >= 4 is 40.4 Å². The highest BCUT2D eigenvalue weighted by Crippen LogP contribution is 2.30. The van der Waals surface area contributed by atoms with Crippen molar-refractivity contribution in [3.63, 3.8) is 0 Å². The Bertz CT molecular complexity index is 755. The molecule has 6 heteroatoms. The maximum absolute atomic E-state index is 12.8. The summed E-state index contributed by atoms with van der Waals surface area (Å²) in [6, 6.07) is 10.9. The van der Waals surface area contributed by atoms with Crippen LogP contribution in [0.15, 0.2) is 36.4 Å². The van der Waals surface area contributed by atoms with Crippen molar-refractivity contribution < 1.29 is 9.59 Å². The molecule has 1 saturated carbocycles. The maximum atomic E-state index is 12.8. The van der Waals surface area contributed by atoms with Crippen molar-refractivity contribution in [2.75, 3.05) is 11.9 Å². The number of carbonyl (C=O) groups is 2. The average Bonchev–Trinajstić information content (AvgIpc) is 3.35. The lowest BCUT2D eigenvalue weighted by Gasteiger charge is -2.20. The highest BCUT2D eigenvalue weighted by Gasteiger charge is 2.29. The Balaban J connectivity index is 1.71. The number of anilines is 1. The third-order valence-electron chi connectivity index (χ3n) is 3.97. The predicted molar refractivity (Wildman–Crippen MR) is 97.5 cm³/mol. The lowest BCUT2D eigenvalue weighted by molar-refractivity contribution is -0.117. The second kappa shape index (κ2) is 7.36. The average molecular weight is 363 g/mol. The van der Waals surface area contributed by atoms with Crippen LogP contribution in [0.4, 0.5) is 5.69 Å². The highest BCUT2D eigenvalue weighted by molar-refractivity contribution is 7.16. The van der Waals surface area contributed by atoms with Crippen LogP contribution in [0.25, 0.3) is 0 Å². The number of amides is 2. The van der Waals surface area contributed by atoms with E-state index in [4.69, 9.17) is 11.6 Å². The van der Waals surface area contributed by atoms with Gasteiger partial charge in [-0.2, -0.15) is 0 Å². The van der Waals surface area contributed by atoms with E-state index in [0.29, 0.717) is 24.3 Å². The van der Waals surface area contributed by atoms with Gasteiger partial charge in [-0.25, -0.2) is 0 Å². The first-order valence-corrected chi connectivity index (χ1v) is 9.20. The standard InChI is InChI=1S/C18H19ClN2O2S/c1-2-21(11-15-8-9-16(19)24-15)18(23)13-4-3-5-14(10-13)20-17(22)12-6-7-12/h3-5,8-10,12H,2,6-7,11H2,1H3,(H,20,22). The molecule has 1 fully saturated rings. The topological polar surface area (TPSA) is 49.4 Å². The molecule has 0 aliphatic heterocycles. The van der Waals surface area contributed by atoms with Gasteiger partial charge in [0.1, 0.15) is 0 Å². The molecule has 2 aromatic rings. The Morgan fingerprint density at radius 1 is 1.29 bits per heavy atom. The molecule has 1 aromatic heterocycles. The summed E-state index contributed by atoms with van der Waals surface area (Å²) in [4.78, 5) is 27.4. The Kier molecular flexibility index (Phi) is 5.21. The van der Waals surface area contributed by atoms with Gasteiger partial charge in [-0.15, -0.1) is 11.3 Å². The number of hydrogen-bond donors (Lipinski definition) is 1. The zero-order valence-corrected chi connectivity index (χ0v) is 15.0. The molecular formula is C18H19ClN2O2S. The molecule has 0 unspecified atom stereocenters. The number of thiophene rings is 1. The van der Waals surface area contributed by atoms with E-state index in [0.717, 1.165) is 22.1 Å². The summed E-state index contributed by atoms with van der Waals surface area (Å²) in [6.45, 7) is 3.09. The van der Waals surface area contributed by atoms with Crippen LogP contribution in [0.2, 0.25) is 4.34 Å². The molecule has 0 bridgehead atoms. The van der Waals surface area contributed by atoms with Crippen LogP contribution < -0.4 is 5.32 Å². The molecule has 0 saturated heterocycles. The van der Waals surface area contributed by atoms with E-state index in [1.807, 2.05) is 25.1 Å². The molecule has 24 heavy (non-hydrogen) atoms. The van der Waals surface area contributed by atoms with Crippen molar-refractivity contribution in [1.29, 1.82) is 0 Å². The van der Waals surface area contributed by atoms with Gasteiger partial charge in [0.15, 0.2) is 0 Å². The van der Waals surface area contributed by atoms with Gasteiger partial charge >= 0.3 is 0 Å². The Labute approximate surface area is 150 Å². The second-order valence-electron chi connectivity index (χ2n) is 5.87. The van der Waals surface area contributed by atoms with E-state index < -0.39 is 0 Å². The number of nitrogens with zero attached hydrogens (tertiary/aromatic N) is 1. The first kappa shape index (κ1) is 17.0. The van der Waals surface area contributed by atoms with E-state index >= 15 is 0 Å². The summed E-state index contributed by atoms with van der Waals surface area (Å²) in [5.74, 6) is 0.129. The molecular weight excluding hydrogens is 344 g/mol. The second-order valence-corrected chi connectivity index (χ2v) is 7.67. The van der Waals surface area contributed by atoms with Gasteiger partial charge in [0.2, 0.25) is 5.91 Å². The van der Waals surface area contributed by atoms with Crippen molar-refractivity contribution in [3.8, 4) is 0 Å². The molecule has 0 radical (unpaired) electrons. The van der Waals surface area contributed by atoms with Gasteiger partial charge in [0.05, 0.1) is 10.9 Å². The minimum Gasteiger partial charge on any atom is -0.334 e. The molecule has 4 nitrogen and oxygen atoms in total. The fourth-order valence-corrected chi connectivity index (χ4v) is 3.56. The first-order valence-electron chi connectivity index (χ1n) is 8.01. The van der Waals surface area contributed by atoms with E-state index in [1.165, 1.54) is 11.3 Å². The fraction of sp³-hybridized carbons (Fsp3) is 0.333. The molecule has 3 rings (SSSR count). The largest absolute Gasteiger partial charge is 0.334 e. The van der Waals surface area contributed by atoms with Crippen LogP contribution in [-0.2, 0) is 11.3 Å². The Hall–Kier alpha value is -1.85. The smallest absolute Gasteiger partial charge is 0.254 e. The molecule has 2 amide bonds. The van der Waals surface area contributed by atoms with Crippen molar-refractivity contribution in [2.45, 2.75) is 26.3 Å². The molecule has 0 spiro atoms. The Morgan fingerprint density at radius 2 is 2.08 bits per heavy atom. The first-order chi connectivity index (χ1) is 11.6. The summed E-state index contributed by atoms with van der Waals surface area (Å²) in [7, 11) is 0. The minimum absolute atomic E-state index is 0.0418. The van der Waals surface area contributed by atoms with E-state index in [2.05, 4.69) is 5.32 Å². The zero-order valence-electron chi connectivity index (χ0n) is 13.4. The van der Waals surface area contributed by atoms with Gasteiger partial charge in [-0.3, -0.25) is 9.59 Å². The summed E-state index contributed by atoms with van der Waals surface area (Å²) in [5.41, 5.74) is 1.25. The van der Waals surface area contributed by atoms with Crippen LogP contribution >= 0.6 is 22.9 Å². The molecule has 1 heterocycles. The molecule has 1 aliphatic rings. The number of hydrogen-bond acceptors (Lipinski definition) is 3. The number of carbonyl (C=O) groups excluding carboxylic acids is 2.